The SMILES string of the molecule is CCc1cc(NC(=O)CC(NC(=O)CN2C(=O)CCC2=O)C(C)C)ccc1COC(C)=O. The fourth-order valence-corrected chi connectivity index (χ4v) is 3.41. The number of ether oxygens (including phenoxy) is 1. The second-order valence-electron chi connectivity index (χ2n) is 8.16. The number of anilines is 1. The maximum absolute atomic E-state index is 12.6. The minimum absolute atomic E-state index is 0.0352. The van der Waals surface area contributed by atoms with Crippen LogP contribution in [-0.2, 0) is 41.7 Å². The van der Waals surface area contributed by atoms with Crippen molar-refractivity contribution in [1.82, 2.24) is 10.2 Å². The molecule has 9 nitrogen and oxygen atoms in total. The van der Waals surface area contributed by atoms with E-state index in [1.165, 1.54) is 6.92 Å². The predicted octanol–water partition coefficient (Wildman–Crippen LogP) is 1.93. The van der Waals surface area contributed by atoms with Crippen LogP contribution in [-0.4, -0.2) is 47.1 Å². The van der Waals surface area contributed by atoms with Crippen LogP contribution in [0.4, 0.5) is 5.69 Å². The number of hydrogen-bond donors (Lipinski definition) is 2. The Morgan fingerprint density at radius 3 is 2.28 bits per heavy atom. The number of esters is 1. The van der Waals surface area contributed by atoms with Gasteiger partial charge >= 0.3 is 5.97 Å². The van der Waals surface area contributed by atoms with E-state index in [9.17, 15) is 24.0 Å². The Hall–Kier alpha value is -3.23. The first-order chi connectivity index (χ1) is 15.1. The first-order valence-electron chi connectivity index (χ1n) is 10.8. The van der Waals surface area contributed by atoms with Crippen molar-refractivity contribution < 1.29 is 28.7 Å². The van der Waals surface area contributed by atoms with E-state index in [0.29, 0.717) is 12.1 Å². The fourth-order valence-electron chi connectivity index (χ4n) is 3.41. The largest absolute Gasteiger partial charge is 0.461 e. The average Bonchev–Trinajstić information content (AvgIpc) is 3.03. The Kier molecular flexibility index (Phi) is 8.92. The molecule has 1 atom stereocenters. The molecule has 1 aromatic rings. The Balaban J connectivity index is 1.96. The van der Waals surface area contributed by atoms with Crippen LogP contribution < -0.4 is 10.6 Å². The van der Waals surface area contributed by atoms with Gasteiger partial charge in [0, 0.05) is 37.9 Å². The van der Waals surface area contributed by atoms with Gasteiger partial charge in [-0.3, -0.25) is 28.9 Å². The van der Waals surface area contributed by atoms with Gasteiger partial charge < -0.3 is 15.4 Å². The Labute approximate surface area is 187 Å². The van der Waals surface area contributed by atoms with Crippen molar-refractivity contribution >= 4 is 35.3 Å². The van der Waals surface area contributed by atoms with Gasteiger partial charge in [0.2, 0.25) is 23.6 Å². The molecule has 1 heterocycles. The summed E-state index contributed by atoms with van der Waals surface area (Å²) in [5, 5.41) is 5.60. The highest BCUT2D eigenvalue weighted by molar-refractivity contribution is 6.04. The van der Waals surface area contributed by atoms with E-state index in [4.69, 9.17) is 4.74 Å². The molecule has 4 amide bonds. The summed E-state index contributed by atoms with van der Waals surface area (Å²) in [6, 6.07) is 4.93. The van der Waals surface area contributed by atoms with Gasteiger partial charge in [0.05, 0.1) is 0 Å². The second-order valence-corrected chi connectivity index (χ2v) is 8.16. The molecule has 0 aliphatic carbocycles. The third kappa shape index (κ3) is 7.18. The monoisotopic (exact) mass is 445 g/mol. The van der Waals surface area contributed by atoms with Gasteiger partial charge in [-0.05, 0) is 35.6 Å². The van der Waals surface area contributed by atoms with Crippen LogP contribution in [0.2, 0.25) is 0 Å². The van der Waals surface area contributed by atoms with Crippen molar-refractivity contribution in [2.75, 3.05) is 11.9 Å². The van der Waals surface area contributed by atoms with E-state index < -0.39 is 11.9 Å². The molecule has 2 N–H and O–H groups in total. The molecule has 9 heteroatoms. The summed E-state index contributed by atoms with van der Waals surface area (Å²) in [5.74, 6) is -1.84. The van der Waals surface area contributed by atoms with Gasteiger partial charge in [0.15, 0.2) is 0 Å². The van der Waals surface area contributed by atoms with Crippen LogP contribution in [0.15, 0.2) is 18.2 Å². The minimum atomic E-state index is -0.469. The molecule has 0 bridgehead atoms. The second kappa shape index (κ2) is 11.4. The highest BCUT2D eigenvalue weighted by Crippen LogP contribution is 2.19. The molecule has 2 rings (SSSR count). The number of imide groups is 1. The predicted molar refractivity (Wildman–Crippen MR) is 117 cm³/mol. The van der Waals surface area contributed by atoms with E-state index in [0.717, 1.165) is 16.0 Å². The summed E-state index contributed by atoms with van der Waals surface area (Å²) in [4.78, 5) is 60.4. The van der Waals surface area contributed by atoms with E-state index in [1.807, 2.05) is 32.9 Å². The van der Waals surface area contributed by atoms with Crippen molar-refractivity contribution in [3.63, 3.8) is 0 Å². The molecule has 0 aromatic heterocycles. The standard InChI is InChI=1S/C23H31N3O6/c1-5-16-10-18(7-6-17(16)13-32-15(4)27)24-20(28)11-19(14(2)3)25-21(29)12-26-22(30)8-9-23(26)31/h6-7,10,14,19H,5,8-9,11-13H2,1-4H3,(H,24,28)(H,25,29). The van der Waals surface area contributed by atoms with Crippen LogP contribution >= 0.6 is 0 Å². The van der Waals surface area contributed by atoms with Gasteiger partial charge in [-0.25, -0.2) is 0 Å². The lowest BCUT2D eigenvalue weighted by Crippen LogP contribution is -2.46. The summed E-state index contributed by atoms with van der Waals surface area (Å²) in [6.07, 6.45) is 1.00. The molecule has 174 valence electrons. The van der Waals surface area contributed by atoms with Crippen molar-refractivity contribution in [3.8, 4) is 0 Å². The zero-order valence-corrected chi connectivity index (χ0v) is 19.0. The van der Waals surface area contributed by atoms with Gasteiger partial charge in [-0.15, -0.1) is 0 Å². The number of nitrogens with zero attached hydrogens (tertiary/aromatic N) is 1. The molecule has 0 spiro atoms. The van der Waals surface area contributed by atoms with E-state index in [-0.39, 0.29) is 62.0 Å². The molecular weight excluding hydrogens is 414 g/mol. The summed E-state index contributed by atoms with van der Waals surface area (Å²) in [6.45, 7) is 6.93. The normalized spacial score (nSPS) is 14.5. The fraction of sp³-hybridized carbons (Fsp3) is 0.522. The summed E-state index contributed by atoms with van der Waals surface area (Å²) in [7, 11) is 0. The third-order valence-corrected chi connectivity index (χ3v) is 5.31. The smallest absolute Gasteiger partial charge is 0.302 e. The zero-order chi connectivity index (χ0) is 23.8. The van der Waals surface area contributed by atoms with Gasteiger partial charge in [-0.1, -0.05) is 26.8 Å². The summed E-state index contributed by atoms with van der Waals surface area (Å²) in [5.41, 5.74) is 2.44. The van der Waals surface area contributed by atoms with E-state index in [2.05, 4.69) is 10.6 Å². The van der Waals surface area contributed by atoms with E-state index >= 15 is 0 Å². The highest BCUT2D eigenvalue weighted by atomic mass is 16.5. The summed E-state index contributed by atoms with van der Waals surface area (Å²) < 4.78 is 5.06. The lowest BCUT2D eigenvalue weighted by atomic mass is 10.00. The van der Waals surface area contributed by atoms with Crippen LogP contribution in [0.1, 0.15) is 58.1 Å². The molecule has 1 unspecified atom stereocenters. The topological polar surface area (TPSA) is 122 Å². The number of amides is 4. The molecule has 1 fully saturated rings. The number of carbonyl (C=O) groups excluding carboxylic acids is 5. The number of rotatable bonds is 10. The Morgan fingerprint density at radius 2 is 1.72 bits per heavy atom. The quantitative estimate of drug-likeness (QED) is 0.419. The number of aryl methyl sites for hydroxylation is 1. The van der Waals surface area contributed by atoms with Crippen LogP contribution in [0.3, 0.4) is 0 Å². The van der Waals surface area contributed by atoms with Crippen molar-refractivity contribution in [2.45, 2.75) is 66.0 Å². The lowest BCUT2D eigenvalue weighted by Gasteiger charge is -2.23. The number of nitrogens with one attached hydrogen (secondary N) is 2. The first-order valence-corrected chi connectivity index (χ1v) is 10.8. The first kappa shape index (κ1) is 25.0. The highest BCUT2D eigenvalue weighted by Gasteiger charge is 2.31. The molecule has 32 heavy (non-hydrogen) atoms. The van der Waals surface area contributed by atoms with Gasteiger partial charge in [-0.2, -0.15) is 0 Å². The molecule has 1 saturated heterocycles. The zero-order valence-electron chi connectivity index (χ0n) is 19.0. The Bertz CT molecular complexity index is 880. The number of likely N-dealkylation sites (tertiary alicyclic amines) is 1. The van der Waals surface area contributed by atoms with Crippen molar-refractivity contribution in [1.29, 1.82) is 0 Å². The maximum atomic E-state index is 12.6. The van der Waals surface area contributed by atoms with Crippen LogP contribution in [0.5, 0.6) is 0 Å². The Morgan fingerprint density at radius 1 is 1.06 bits per heavy atom. The maximum Gasteiger partial charge on any atom is 0.302 e. The molecule has 1 aliphatic heterocycles. The van der Waals surface area contributed by atoms with Gasteiger partial charge in [0.25, 0.3) is 0 Å². The third-order valence-electron chi connectivity index (χ3n) is 5.31. The number of hydrogen-bond acceptors (Lipinski definition) is 6. The summed E-state index contributed by atoms with van der Waals surface area (Å²) >= 11 is 0. The number of carbonyl (C=O) groups is 5. The molecular formula is C23H31N3O6. The van der Waals surface area contributed by atoms with Crippen molar-refractivity contribution in [3.05, 3.63) is 29.3 Å². The van der Waals surface area contributed by atoms with Crippen molar-refractivity contribution in [2.24, 2.45) is 5.92 Å². The molecule has 0 radical (unpaired) electrons. The van der Waals surface area contributed by atoms with Crippen LogP contribution in [0, 0.1) is 5.92 Å². The molecule has 0 saturated carbocycles. The van der Waals surface area contributed by atoms with Gasteiger partial charge in [0.1, 0.15) is 13.2 Å². The number of benzene rings is 1. The van der Waals surface area contributed by atoms with Crippen LogP contribution in [0.25, 0.3) is 0 Å². The lowest BCUT2D eigenvalue weighted by molar-refractivity contribution is -0.143. The van der Waals surface area contributed by atoms with E-state index in [1.54, 1.807) is 6.07 Å². The molecule has 1 aromatic carbocycles. The molecule has 1 aliphatic rings. The minimum Gasteiger partial charge on any atom is -0.461 e. The average molecular weight is 446 g/mol.